The third-order valence-electron chi connectivity index (χ3n) is 3.57. The average Bonchev–Trinajstić information content (AvgIpc) is 2.76. The maximum absolute atomic E-state index is 11.4. The van der Waals surface area contributed by atoms with Crippen LogP contribution in [0.4, 0.5) is 0 Å². The highest BCUT2D eigenvalue weighted by Gasteiger charge is 2.22. The van der Waals surface area contributed by atoms with Gasteiger partial charge in [0.15, 0.2) is 9.84 Å². The number of aryl methyl sites for hydroxylation is 1. The van der Waals surface area contributed by atoms with Gasteiger partial charge in [-0.3, -0.25) is 4.90 Å². The van der Waals surface area contributed by atoms with E-state index in [9.17, 15) is 8.42 Å². The average molecular weight is 279 g/mol. The van der Waals surface area contributed by atoms with Crippen molar-refractivity contribution in [3.63, 3.8) is 0 Å². The molecule has 3 heterocycles. The molecule has 0 N–H and O–H groups in total. The molecule has 0 spiro atoms. The first-order valence-corrected chi connectivity index (χ1v) is 8.22. The zero-order valence-corrected chi connectivity index (χ0v) is 11.7. The van der Waals surface area contributed by atoms with Crippen LogP contribution in [0.5, 0.6) is 0 Å². The quantitative estimate of drug-likeness (QED) is 0.818. The fourth-order valence-electron chi connectivity index (χ4n) is 2.41. The Kier molecular flexibility index (Phi) is 3.06. The molecule has 0 unspecified atom stereocenters. The van der Waals surface area contributed by atoms with Crippen LogP contribution in [0.1, 0.15) is 11.4 Å². The lowest BCUT2D eigenvalue weighted by molar-refractivity contribution is 0.285. The summed E-state index contributed by atoms with van der Waals surface area (Å²) in [6.07, 6.45) is 2.04. The largest absolute Gasteiger partial charge is 0.304 e. The minimum Gasteiger partial charge on any atom is -0.304 e. The number of pyridine rings is 1. The van der Waals surface area contributed by atoms with Crippen LogP contribution in [0.15, 0.2) is 24.4 Å². The second kappa shape index (κ2) is 4.61. The molecule has 2 aromatic heterocycles. The highest BCUT2D eigenvalue weighted by Crippen LogP contribution is 2.12. The van der Waals surface area contributed by atoms with Crippen molar-refractivity contribution in [2.24, 2.45) is 0 Å². The van der Waals surface area contributed by atoms with Gasteiger partial charge in [-0.2, -0.15) is 0 Å². The van der Waals surface area contributed by atoms with E-state index in [0.29, 0.717) is 13.1 Å². The summed E-state index contributed by atoms with van der Waals surface area (Å²) in [5.41, 5.74) is 3.09. The fourth-order valence-corrected chi connectivity index (χ4v) is 3.69. The van der Waals surface area contributed by atoms with Crippen LogP contribution >= 0.6 is 0 Å². The minimum absolute atomic E-state index is 0.263. The molecule has 0 aromatic carbocycles. The van der Waals surface area contributed by atoms with Gasteiger partial charge in [0.25, 0.3) is 0 Å². The number of hydrogen-bond donors (Lipinski definition) is 0. The van der Waals surface area contributed by atoms with E-state index in [0.717, 1.165) is 23.6 Å². The molecule has 19 heavy (non-hydrogen) atoms. The number of fused-ring (bicyclic) bond motifs is 1. The smallest absolute Gasteiger partial charge is 0.152 e. The normalized spacial score (nSPS) is 19.8. The third kappa shape index (κ3) is 2.64. The van der Waals surface area contributed by atoms with Gasteiger partial charge in [0, 0.05) is 31.5 Å². The zero-order chi connectivity index (χ0) is 13.5. The summed E-state index contributed by atoms with van der Waals surface area (Å²) in [6.45, 7) is 3.98. The second-order valence-corrected chi connectivity index (χ2v) is 7.36. The molecule has 5 nitrogen and oxygen atoms in total. The van der Waals surface area contributed by atoms with Gasteiger partial charge in [0.05, 0.1) is 17.2 Å². The number of imidazole rings is 1. The molecule has 0 atom stereocenters. The van der Waals surface area contributed by atoms with Crippen LogP contribution in [0.2, 0.25) is 0 Å². The maximum Gasteiger partial charge on any atom is 0.152 e. The van der Waals surface area contributed by atoms with E-state index >= 15 is 0 Å². The number of hydrogen-bond acceptors (Lipinski definition) is 4. The monoisotopic (exact) mass is 279 g/mol. The summed E-state index contributed by atoms with van der Waals surface area (Å²) >= 11 is 0. The first kappa shape index (κ1) is 12.6. The van der Waals surface area contributed by atoms with Gasteiger partial charge in [0.2, 0.25) is 0 Å². The molecule has 1 aliphatic rings. The highest BCUT2D eigenvalue weighted by molar-refractivity contribution is 7.91. The maximum atomic E-state index is 11.4. The molecule has 1 fully saturated rings. The third-order valence-corrected chi connectivity index (χ3v) is 5.18. The predicted octanol–water partition coefficient (Wildman–Crippen LogP) is 0.873. The Hall–Kier alpha value is -1.40. The number of rotatable bonds is 2. The van der Waals surface area contributed by atoms with Crippen molar-refractivity contribution in [3.05, 3.63) is 35.8 Å². The molecule has 0 bridgehead atoms. The fraction of sp³-hybridized carbons (Fsp3) is 0.462. The molecule has 0 amide bonds. The summed E-state index contributed by atoms with van der Waals surface area (Å²) in [5, 5.41) is 0. The summed E-state index contributed by atoms with van der Waals surface area (Å²) in [6, 6.07) is 6.03. The van der Waals surface area contributed by atoms with E-state index < -0.39 is 9.84 Å². The van der Waals surface area contributed by atoms with Crippen LogP contribution in [0, 0.1) is 6.92 Å². The van der Waals surface area contributed by atoms with Gasteiger partial charge >= 0.3 is 0 Å². The van der Waals surface area contributed by atoms with E-state index in [1.165, 1.54) is 0 Å². The van der Waals surface area contributed by atoms with Gasteiger partial charge in [0.1, 0.15) is 5.65 Å². The van der Waals surface area contributed by atoms with Crippen LogP contribution in [0.25, 0.3) is 5.65 Å². The summed E-state index contributed by atoms with van der Waals surface area (Å²) < 4.78 is 24.8. The van der Waals surface area contributed by atoms with Gasteiger partial charge in [-0.25, -0.2) is 13.4 Å². The number of aromatic nitrogens is 2. The van der Waals surface area contributed by atoms with E-state index in [1.54, 1.807) is 0 Å². The highest BCUT2D eigenvalue weighted by atomic mass is 32.2. The Morgan fingerprint density at radius 1 is 1.26 bits per heavy atom. The molecule has 1 saturated heterocycles. The van der Waals surface area contributed by atoms with Crippen molar-refractivity contribution in [3.8, 4) is 0 Å². The summed E-state index contributed by atoms with van der Waals surface area (Å²) in [7, 11) is -2.81. The predicted molar refractivity (Wildman–Crippen MR) is 73.9 cm³/mol. The zero-order valence-electron chi connectivity index (χ0n) is 10.9. The van der Waals surface area contributed by atoms with Crippen LogP contribution in [-0.4, -0.2) is 47.3 Å². The molecular formula is C13H17N3O2S. The molecule has 6 heteroatoms. The van der Waals surface area contributed by atoms with Crippen molar-refractivity contribution < 1.29 is 8.42 Å². The standard InChI is InChI=1S/C13H17N3O2S/c1-11-3-2-4-13-14-12(10-16(11)13)9-15-5-7-19(17,18)8-6-15/h2-4,10H,5-9H2,1H3. The summed E-state index contributed by atoms with van der Waals surface area (Å²) in [4.78, 5) is 6.73. The van der Waals surface area contributed by atoms with Gasteiger partial charge in [-0.15, -0.1) is 0 Å². The Labute approximate surface area is 112 Å². The molecule has 3 rings (SSSR count). The Balaban J connectivity index is 1.77. The Morgan fingerprint density at radius 3 is 2.68 bits per heavy atom. The van der Waals surface area contributed by atoms with Crippen molar-refractivity contribution in [1.29, 1.82) is 0 Å². The number of nitrogens with zero attached hydrogens (tertiary/aromatic N) is 3. The van der Waals surface area contributed by atoms with Gasteiger partial charge in [-0.05, 0) is 19.1 Å². The van der Waals surface area contributed by atoms with E-state index in [1.807, 2.05) is 31.3 Å². The minimum atomic E-state index is -2.81. The Morgan fingerprint density at radius 2 is 2.00 bits per heavy atom. The van der Waals surface area contributed by atoms with E-state index in [4.69, 9.17) is 0 Å². The first-order chi connectivity index (χ1) is 9.03. The first-order valence-electron chi connectivity index (χ1n) is 6.40. The summed E-state index contributed by atoms with van der Waals surface area (Å²) in [5.74, 6) is 0.527. The topological polar surface area (TPSA) is 54.7 Å². The Bertz CT molecular complexity index is 692. The molecule has 0 aliphatic carbocycles. The van der Waals surface area contributed by atoms with Crippen LogP contribution < -0.4 is 0 Å². The molecular weight excluding hydrogens is 262 g/mol. The van der Waals surface area contributed by atoms with Crippen molar-refractivity contribution >= 4 is 15.5 Å². The van der Waals surface area contributed by atoms with Crippen LogP contribution in [0.3, 0.4) is 0 Å². The SMILES string of the molecule is Cc1cccc2nc(CN3CCS(=O)(=O)CC3)cn12. The second-order valence-electron chi connectivity index (χ2n) is 5.06. The molecule has 102 valence electrons. The lowest BCUT2D eigenvalue weighted by atomic mass is 10.4. The van der Waals surface area contributed by atoms with Crippen molar-refractivity contribution in [2.45, 2.75) is 13.5 Å². The van der Waals surface area contributed by atoms with E-state index in [2.05, 4.69) is 14.3 Å². The van der Waals surface area contributed by atoms with Crippen LogP contribution in [-0.2, 0) is 16.4 Å². The van der Waals surface area contributed by atoms with E-state index in [-0.39, 0.29) is 11.5 Å². The molecule has 1 aliphatic heterocycles. The molecule has 0 radical (unpaired) electrons. The van der Waals surface area contributed by atoms with Gasteiger partial charge < -0.3 is 4.40 Å². The lowest BCUT2D eigenvalue weighted by Crippen LogP contribution is -2.39. The molecule has 0 saturated carbocycles. The van der Waals surface area contributed by atoms with Crippen molar-refractivity contribution in [2.75, 3.05) is 24.6 Å². The lowest BCUT2D eigenvalue weighted by Gasteiger charge is -2.25. The number of sulfone groups is 1. The van der Waals surface area contributed by atoms with Crippen molar-refractivity contribution in [1.82, 2.24) is 14.3 Å². The molecule has 2 aromatic rings. The van der Waals surface area contributed by atoms with Gasteiger partial charge in [-0.1, -0.05) is 6.07 Å².